The zero-order valence-corrected chi connectivity index (χ0v) is 13.3. The van der Waals surface area contributed by atoms with Gasteiger partial charge in [0.2, 0.25) is 5.91 Å². The van der Waals surface area contributed by atoms with Crippen molar-refractivity contribution in [1.29, 1.82) is 0 Å². The molecule has 0 spiro atoms. The zero-order valence-electron chi connectivity index (χ0n) is 13.3. The van der Waals surface area contributed by atoms with Gasteiger partial charge in [-0.3, -0.25) is 4.79 Å². The average molecular weight is 328 g/mol. The van der Waals surface area contributed by atoms with Crippen LogP contribution in [0.15, 0.2) is 36.4 Å². The highest BCUT2D eigenvalue weighted by Crippen LogP contribution is 2.30. The summed E-state index contributed by atoms with van der Waals surface area (Å²) in [6.07, 6.45) is 2.40. The van der Waals surface area contributed by atoms with Crippen LogP contribution in [0.5, 0.6) is 0 Å². The molecule has 1 fully saturated rings. The van der Waals surface area contributed by atoms with E-state index in [1.54, 1.807) is 12.1 Å². The molecule has 0 atom stereocenters. The van der Waals surface area contributed by atoms with Crippen LogP contribution in [0.2, 0.25) is 0 Å². The fourth-order valence-electron chi connectivity index (χ4n) is 3.65. The van der Waals surface area contributed by atoms with E-state index in [2.05, 4.69) is 4.57 Å². The van der Waals surface area contributed by atoms with Crippen molar-refractivity contribution >= 4 is 27.7 Å². The molecule has 1 amide bonds. The molecule has 3 nitrogen and oxygen atoms in total. The van der Waals surface area contributed by atoms with Crippen LogP contribution in [0, 0.1) is 11.6 Å². The lowest BCUT2D eigenvalue weighted by atomic mass is 10.1. The molecule has 1 aliphatic heterocycles. The van der Waals surface area contributed by atoms with Gasteiger partial charge in [0.15, 0.2) is 0 Å². The van der Waals surface area contributed by atoms with Gasteiger partial charge in [-0.25, -0.2) is 8.78 Å². The van der Waals surface area contributed by atoms with E-state index < -0.39 is 0 Å². The molecule has 4 rings (SSSR count). The highest BCUT2D eigenvalue weighted by molar-refractivity contribution is 6.08. The highest BCUT2D eigenvalue weighted by atomic mass is 19.1. The van der Waals surface area contributed by atoms with Crippen molar-refractivity contribution in [1.82, 2.24) is 9.47 Å². The summed E-state index contributed by atoms with van der Waals surface area (Å²) < 4.78 is 29.3. The molecule has 1 aliphatic rings. The van der Waals surface area contributed by atoms with Gasteiger partial charge in [0.1, 0.15) is 11.6 Å². The molecule has 1 saturated heterocycles. The predicted octanol–water partition coefficient (Wildman–Crippen LogP) is 4.09. The monoisotopic (exact) mass is 328 g/mol. The first-order valence-electron chi connectivity index (χ1n) is 8.28. The number of carbonyl (C=O) groups excluding carboxylic acids is 1. The van der Waals surface area contributed by atoms with Crippen molar-refractivity contribution in [3.63, 3.8) is 0 Å². The number of hydrogen-bond donors (Lipinski definition) is 0. The van der Waals surface area contributed by atoms with Crippen LogP contribution in [-0.4, -0.2) is 28.5 Å². The number of carbonyl (C=O) groups is 1. The molecule has 2 heterocycles. The maximum absolute atomic E-state index is 13.6. The van der Waals surface area contributed by atoms with Gasteiger partial charge in [-0.2, -0.15) is 0 Å². The van der Waals surface area contributed by atoms with Gasteiger partial charge in [-0.15, -0.1) is 0 Å². The van der Waals surface area contributed by atoms with Gasteiger partial charge in [0.25, 0.3) is 0 Å². The van der Waals surface area contributed by atoms with Crippen LogP contribution >= 0.6 is 0 Å². The van der Waals surface area contributed by atoms with Crippen molar-refractivity contribution in [2.75, 3.05) is 13.1 Å². The number of aromatic nitrogens is 1. The van der Waals surface area contributed by atoms with E-state index in [4.69, 9.17) is 0 Å². The van der Waals surface area contributed by atoms with Crippen LogP contribution in [0.4, 0.5) is 8.78 Å². The van der Waals surface area contributed by atoms with Crippen molar-refractivity contribution in [2.45, 2.75) is 25.8 Å². The zero-order chi connectivity index (χ0) is 16.7. The number of amides is 1. The van der Waals surface area contributed by atoms with E-state index in [1.807, 2.05) is 4.90 Å². The topological polar surface area (TPSA) is 25.2 Å². The third-order valence-corrected chi connectivity index (χ3v) is 4.77. The molecule has 0 saturated carbocycles. The van der Waals surface area contributed by atoms with Crippen LogP contribution in [0.1, 0.15) is 19.3 Å². The smallest absolute Gasteiger partial charge is 0.222 e. The van der Waals surface area contributed by atoms with Crippen molar-refractivity contribution in [3.8, 4) is 0 Å². The Morgan fingerprint density at radius 1 is 0.917 bits per heavy atom. The first-order valence-corrected chi connectivity index (χ1v) is 8.28. The molecular formula is C19H18F2N2O. The van der Waals surface area contributed by atoms with Crippen molar-refractivity contribution in [2.24, 2.45) is 0 Å². The number of rotatable bonds is 4. The lowest BCUT2D eigenvalue weighted by Gasteiger charge is -2.16. The Bertz CT molecular complexity index is 873. The fourth-order valence-corrected chi connectivity index (χ4v) is 3.65. The third kappa shape index (κ3) is 2.54. The Balaban J connectivity index is 1.69. The number of hydrogen-bond acceptors (Lipinski definition) is 1. The van der Waals surface area contributed by atoms with Gasteiger partial charge in [-0.1, -0.05) is 0 Å². The van der Waals surface area contributed by atoms with Crippen LogP contribution < -0.4 is 0 Å². The minimum Gasteiger partial charge on any atom is -0.343 e. The summed E-state index contributed by atoms with van der Waals surface area (Å²) in [4.78, 5) is 13.6. The Morgan fingerprint density at radius 2 is 1.54 bits per heavy atom. The van der Waals surface area contributed by atoms with Crippen LogP contribution in [0.3, 0.4) is 0 Å². The van der Waals surface area contributed by atoms with E-state index in [-0.39, 0.29) is 17.5 Å². The first kappa shape index (κ1) is 15.1. The van der Waals surface area contributed by atoms with E-state index in [9.17, 15) is 13.6 Å². The molecule has 0 N–H and O–H groups in total. The SMILES string of the molecule is O=C1CCCN1CCCn1c2ccc(F)cc2c2cc(F)ccc21. The third-order valence-electron chi connectivity index (χ3n) is 4.77. The van der Waals surface area contributed by atoms with Crippen LogP contribution in [-0.2, 0) is 11.3 Å². The van der Waals surface area contributed by atoms with E-state index >= 15 is 0 Å². The summed E-state index contributed by atoms with van der Waals surface area (Å²) in [6.45, 7) is 2.27. The minimum absolute atomic E-state index is 0.223. The lowest BCUT2D eigenvalue weighted by Crippen LogP contribution is -2.26. The maximum Gasteiger partial charge on any atom is 0.222 e. The second-order valence-corrected chi connectivity index (χ2v) is 6.31. The predicted molar refractivity (Wildman–Crippen MR) is 89.8 cm³/mol. The van der Waals surface area contributed by atoms with E-state index in [0.29, 0.717) is 13.0 Å². The summed E-state index contributed by atoms with van der Waals surface area (Å²) >= 11 is 0. The summed E-state index contributed by atoms with van der Waals surface area (Å²) in [5.74, 6) is -0.427. The van der Waals surface area contributed by atoms with Crippen LogP contribution in [0.25, 0.3) is 21.8 Å². The molecule has 2 aromatic carbocycles. The molecule has 0 aliphatic carbocycles. The molecule has 124 valence electrons. The van der Waals surface area contributed by atoms with Crippen molar-refractivity contribution in [3.05, 3.63) is 48.0 Å². The second-order valence-electron chi connectivity index (χ2n) is 6.31. The highest BCUT2D eigenvalue weighted by Gasteiger charge is 2.19. The summed E-state index contributed by atoms with van der Waals surface area (Å²) in [5, 5.41) is 1.45. The van der Waals surface area contributed by atoms with Gasteiger partial charge in [0.05, 0.1) is 0 Å². The molecular weight excluding hydrogens is 310 g/mol. The normalized spacial score (nSPS) is 15.1. The first-order chi connectivity index (χ1) is 11.6. The second kappa shape index (κ2) is 5.89. The summed E-state index contributed by atoms with van der Waals surface area (Å²) in [5.41, 5.74) is 1.79. The number of likely N-dealkylation sites (tertiary alicyclic amines) is 1. The summed E-state index contributed by atoms with van der Waals surface area (Å²) in [7, 11) is 0. The van der Waals surface area contributed by atoms with Crippen molar-refractivity contribution < 1.29 is 13.6 Å². The van der Waals surface area contributed by atoms with Gasteiger partial charge in [-0.05, 0) is 49.2 Å². The number of nitrogens with zero attached hydrogens (tertiary/aromatic N) is 2. The molecule has 1 aromatic heterocycles. The molecule has 0 radical (unpaired) electrons. The average Bonchev–Trinajstić information content (AvgIpc) is 3.09. The fraction of sp³-hybridized carbons (Fsp3) is 0.316. The number of aryl methyl sites for hydroxylation is 1. The maximum atomic E-state index is 13.6. The standard InChI is InChI=1S/C19H18F2N2O/c20-13-4-6-17-15(11-13)16-12-14(21)5-7-18(16)23(17)10-2-9-22-8-1-3-19(22)24/h4-7,11-12H,1-3,8-10H2. The Hall–Kier alpha value is -2.43. The van der Waals surface area contributed by atoms with Gasteiger partial charge >= 0.3 is 0 Å². The molecule has 3 aromatic rings. The molecule has 24 heavy (non-hydrogen) atoms. The lowest BCUT2D eigenvalue weighted by molar-refractivity contribution is -0.127. The number of benzene rings is 2. The number of fused-ring (bicyclic) bond motifs is 3. The largest absolute Gasteiger partial charge is 0.343 e. The summed E-state index contributed by atoms with van der Waals surface area (Å²) in [6, 6.07) is 9.25. The Kier molecular flexibility index (Phi) is 3.71. The minimum atomic E-state index is -0.325. The van der Waals surface area contributed by atoms with Gasteiger partial charge in [0, 0.05) is 47.9 Å². The Labute approximate surface area is 138 Å². The van der Waals surface area contributed by atoms with E-state index in [0.717, 1.165) is 47.7 Å². The molecule has 0 bridgehead atoms. The van der Waals surface area contributed by atoms with E-state index in [1.165, 1.54) is 24.3 Å². The van der Waals surface area contributed by atoms with Gasteiger partial charge < -0.3 is 9.47 Å². The molecule has 0 unspecified atom stereocenters. The quantitative estimate of drug-likeness (QED) is 0.708. The molecule has 5 heteroatoms. The number of halogens is 2. The Morgan fingerprint density at radius 3 is 2.08 bits per heavy atom.